The number of hydrogen-bond acceptors (Lipinski definition) is 7. The molecule has 2 aromatic heterocycles. The fraction of sp³-hybridized carbons (Fsp3) is 0.261. The van der Waals surface area contributed by atoms with Gasteiger partial charge in [-0.05, 0) is 30.2 Å². The summed E-state index contributed by atoms with van der Waals surface area (Å²) in [6, 6.07) is 14.6. The third-order valence-corrected chi connectivity index (χ3v) is 8.77. The summed E-state index contributed by atoms with van der Waals surface area (Å²) >= 11 is 1.39. The van der Waals surface area contributed by atoms with Crippen molar-refractivity contribution < 1.29 is 17.9 Å². The minimum atomic E-state index is -3.83. The first kappa shape index (κ1) is 20.5. The van der Waals surface area contributed by atoms with E-state index in [1.165, 1.54) is 17.5 Å². The van der Waals surface area contributed by atoms with Gasteiger partial charge in [0, 0.05) is 24.9 Å². The molecule has 168 valence electrons. The highest BCUT2D eigenvalue weighted by Gasteiger charge is 2.47. The van der Waals surface area contributed by atoms with Gasteiger partial charge in [-0.3, -0.25) is 4.79 Å². The first-order valence-electron chi connectivity index (χ1n) is 10.6. The van der Waals surface area contributed by atoms with Gasteiger partial charge in [-0.25, -0.2) is 4.98 Å². The lowest BCUT2D eigenvalue weighted by Crippen LogP contribution is -2.45. The average Bonchev–Trinajstić information content (AvgIpc) is 3.62. The van der Waals surface area contributed by atoms with Gasteiger partial charge in [-0.1, -0.05) is 30.3 Å². The van der Waals surface area contributed by atoms with Crippen LogP contribution in [0, 0.1) is 0 Å². The Kier molecular flexibility index (Phi) is 4.65. The molecule has 2 aliphatic heterocycles. The molecule has 6 rings (SSSR count). The second kappa shape index (κ2) is 7.47. The van der Waals surface area contributed by atoms with Gasteiger partial charge < -0.3 is 9.64 Å². The van der Waals surface area contributed by atoms with Crippen LogP contribution >= 0.6 is 11.3 Å². The van der Waals surface area contributed by atoms with Crippen LogP contribution in [0.25, 0.3) is 10.2 Å². The van der Waals surface area contributed by atoms with Gasteiger partial charge in [-0.15, -0.1) is 11.3 Å². The van der Waals surface area contributed by atoms with Gasteiger partial charge in [-0.2, -0.15) is 17.6 Å². The normalized spacial score (nSPS) is 20.4. The van der Waals surface area contributed by atoms with Gasteiger partial charge in [0.2, 0.25) is 5.91 Å². The van der Waals surface area contributed by atoms with Crippen molar-refractivity contribution in [2.24, 2.45) is 0 Å². The molecule has 4 aromatic rings. The Labute approximate surface area is 194 Å². The molecule has 0 saturated carbocycles. The Morgan fingerprint density at radius 2 is 1.97 bits per heavy atom. The minimum absolute atomic E-state index is 0.00532. The van der Waals surface area contributed by atoms with E-state index in [1.54, 1.807) is 28.6 Å². The largest absolute Gasteiger partial charge is 0.380 e. The number of carbonyl (C=O) groups excluding carboxylic acids is 1. The predicted octanol–water partition coefficient (Wildman–Crippen LogP) is 2.93. The number of hydrogen-bond donors (Lipinski definition) is 0. The zero-order valence-electron chi connectivity index (χ0n) is 17.5. The highest BCUT2D eigenvalue weighted by molar-refractivity contribution is 7.89. The van der Waals surface area contributed by atoms with Crippen LogP contribution in [0.3, 0.4) is 0 Å². The van der Waals surface area contributed by atoms with Crippen molar-refractivity contribution in [2.75, 3.05) is 13.2 Å². The van der Waals surface area contributed by atoms with Crippen LogP contribution in [0.1, 0.15) is 23.2 Å². The third-order valence-electron chi connectivity index (χ3n) is 6.45. The van der Waals surface area contributed by atoms with Gasteiger partial charge in [0.05, 0.1) is 44.9 Å². The van der Waals surface area contributed by atoms with Crippen molar-refractivity contribution in [3.63, 3.8) is 0 Å². The zero-order valence-corrected chi connectivity index (χ0v) is 19.2. The number of benzene rings is 2. The summed E-state index contributed by atoms with van der Waals surface area (Å²) in [6.07, 6.45) is 2.15. The highest BCUT2D eigenvalue weighted by atomic mass is 32.2. The lowest BCUT2D eigenvalue weighted by molar-refractivity contribution is -0.138. The first-order chi connectivity index (χ1) is 16.0. The number of rotatable bonds is 4. The third kappa shape index (κ3) is 3.20. The molecule has 8 nitrogen and oxygen atoms in total. The van der Waals surface area contributed by atoms with E-state index >= 15 is 0 Å². The quantitative estimate of drug-likeness (QED) is 0.446. The second-order valence-corrected chi connectivity index (χ2v) is 11.1. The summed E-state index contributed by atoms with van der Waals surface area (Å²) in [6.45, 7) is 1.48. The van der Waals surface area contributed by atoms with Crippen LogP contribution in [0.2, 0.25) is 0 Å². The topological polar surface area (TPSA) is 94.4 Å². The van der Waals surface area contributed by atoms with E-state index in [-0.39, 0.29) is 17.3 Å². The van der Waals surface area contributed by atoms with Gasteiger partial charge >= 0.3 is 0 Å². The second-order valence-electron chi connectivity index (χ2n) is 8.37. The summed E-state index contributed by atoms with van der Waals surface area (Å²) in [4.78, 5) is 19.7. The number of ether oxygens (including phenoxy) is 1. The number of carbonyl (C=O) groups is 1. The highest BCUT2D eigenvalue weighted by Crippen LogP contribution is 2.37. The Balaban J connectivity index is 1.27. The summed E-state index contributed by atoms with van der Waals surface area (Å²) in [5, 5.41) is 4.35. The average molecular weight is 481 g/mol. The summed E-state index contributed by atoms with van der Waals surface area (Å²) in [7, 11) is -3.83. The molecule has 0 bridgehead atoms. The van der Waals surface area contributed by atoms with Crippen molar-refractivity contribution >= 4 is 37.5 Å². The molecule has 2 aromatic carbocycles. The van der Waals surface area contributed by atoms with Crippen LogP contribution in [0.5, 0.6) is 0 Å². The molecule has 1 atom stereocenters. The Morgan fingerprint density at radius 3 is 2.73 bits per heavy atom. The SMILES string of the molecule is O=C(N1Cc2cn(S(=O)(=O)c3ccc4ncsc4c3)nc2C1)[C@@]1(c2ccccc2)CCOC1. The summed E-state index contributed by atoms with van der Waals surface area (Å²) < 4.78 is 33.8. The lowest BCUT2D eigenvalue weighted by atomic mass is 9.78. The van der Waals surface area contributed by atoms with E-state index in [0.717, 1.165) is 25.4 Å². The number of fused-ring (bicyclic) bond motifs is 2. The number of thiazole rings is 1. The molecule has 4 heterocycles. The van der Waals surface area contributed by atoms with Crippen LogP contribution in [0.4, 0.5) is 0 Å². The minimum Gasteiger partial charge on any atom is -0.380 e. The predicted molar refractivity (Wildman–Crippen MR) is 122 cm³/mol. The van der Waals surface area contributed by atoms with E-state index in [1.807, 2.05) is 30.3 Å². The van der Waals surface area contributed by atoms with Crippen molar-refractivity contribution in [1.82, 2.24) is 19.1 Å². The molecule has 0 unspecified atom stereocenters. The lowest BCUT2D eigenvalue weighted by Gasteiger charge is -2.31. The number of aromatic nitrogens is 3. The Hall–Kier alpha value is -3.08. The maximum Gasteiger partial charge on any atom is 0.283 e. The molecular weight excluding hydrogens is 460 g/mol. The Morgan fingerprint density at radius 1 is 1.12 bits per heavy atom. The van der Waals surface area contributed by atoms with E-state index in [4.69, 9.17) is 4.74 Å². The zero-order chi connectivity index (χ0) is 22.6. The maximum atomic E-state index is 13.6. The maximum absolute atomic E-state index is 13.6. The molecule has 0 aliphatic carbocycles. The molecule has 0 spiro atoms. The van der Waals surface area contributed by atoms with Crippen molar-refractivity contribution in [3.8, 4) is 0 Å². The molecular formula is C23H20N4O4S2. The van der Waals surface area contributed by atoms with Crippen molar-refractivity contribution in [1.29, 1.82) is 0 Å². The van der Waals surface area contributed by atoms with E-state index in [9.17, 15) is 13.2 Å². The van der Waals surface area contributed by atoms with Crippen LogP contribution in [-0.2, 0) is 38.1 Å². The molecule has 2 aliphatic rings. The van der Waals surface area contributed by atoms with Crippen molar-refractivity contribution in [2.45, 2.75) is 29.8 Å². The van der Waals surface area contributed by atoms with E-state index in [2.05, 4.69) is 10.1 Å². The molecule has 0 radical (unpaired) electrons. The van der Waals surface area contributed by atoms with Crippen LogP contribution in [-0.4, -0.2) is 46.6 Å². The van der Waals surface area contributed by atoms with E-state index < -0.39 is 15.4 Å². The number of amides is 1. The fourth-order valence-electron chi connectivity index (χ4n) is 4.64. The Bertz CT molecular complexity index is 1450. The molecule has 1 saturated heterocycles. The molecule has 1 amide bonds. The fourth-order valence-corrected chi connectivity index (χ4v) is 6.63. The van der Waals surface area contributed by atoms with Crippen LogP contribution in [0.15, 0.2) is 65.1 Å². The monoisotopic (exact) mass is 480 g/mol. The molecule has 0 N–H and O–H groups in total. The molecule has 33 heavy (non-hydrogen) atoms. The standard InChI is InChI=1S/C23H20N4O4S2/c28-22(23(8-9-31-14-23)17-4-2-1-3-5-17)26-11-16-12-27(25-20(16)13-26)33(29,30)18-6-7-19-21(10-18)32-15-24-19/h1-7,10,12,15H,8-9,11,13-14H2/t23-/m0/s1. The summed E-state index contributed by atoms with van der Waals surface area (Å²) in [5.74, 6) is -0.00532. The van der Waals surface area contributed by atoms with Gasteiger partial charge in [0.15, 0.2) is 0 Å². The smallest absolute Gasteiger partial charge is 0.283 e. The first-order valence-corrected chi connectivity index (χ1v) is 12.9. The van der Waals surface area contributed by atoms with Crippen molar-refractivity contribution in [3.05, 3.63) is 77.1 Å². The molecule has 10 heteroatoms. The van der Waals surface area contributed by atoms with E-state index in [0.29, 0.717) is 31.9 Å². The van der Waals surface area contributed by atoms with Gasteiger partial charge in [0.1, 0.15) is 0 Å². The molecule has 1 fully saturated rings. The van der Waals surface area contributed by atoms with Gasteiger partial charge in [0.25, 0.3) is 10.0 Å². The number of nitrogens with zero attached hydrogens (tertiary/aromatic N) is 4. The van der Waals surface area contributed by atoms with Crippen LogP contribution < -0.4 is 0 Å². The summed E-state index contributed by atoms with van der Waals surface area (Å²) in [5.41, 5.74) is 4.03.